The third-order valence-electron chi connectivity index (χ3n) is 6.49. The van der Waals surface area contributed by atoms with Crippen molar-refractivity contribution in [2.75, 3.05) is 31.1 Å². The Hall–Kier alpha value is -2.02. The van der Waals surface area contributed by atoms with Crippen LogP contribution in [0.25, 0.3) is 0 Å². The summed E-state index contributed by atoms with van der Waals surface area (Å²) in [4.78, 5) is 34.6. The summed E-state index contributed by atoms with van der Waals surface area (Å²) in [6.45, 7) is 3.51. The largest absolute Gasteiger partial charge is 0.481 e. The average molecular weight is 409 g/mol. The summed E-state index contributed by atoms with van der Waals surface area (Å²) in [6.07, 6.45) is 8.64. The van der Waals surface area contributed by atoms with Crippen LogP contribution in [0.1, 0.15) is 38.5 Å². The Balaban J connectivity index is 0.00000225. The number of carboxylic acids is 1. The Morgan fingerprint density at radius 3 is 1.96 bits per heavy atom. The molecule has 2 amide bonds. The van der Waals surface area contributed by atoms with E-state index >= 15 is 0 Å². The van der Waals surface area contributed by atoms with Gasteiger partial charge >= 0.3 is 12.0 Å². The molecule has 28 heavy (non-hydrogen) atoms. The van der Waals surface area contributed by atoms with Gasteiger partial charge in [-0.25, -0.2) is 4.79 Å². The van der Waals surface area contributed by atoms with Crippen molar-refractivity contribution in [1.29, 1.82) is 0 Å². The van der Waals surface area contributed by atoms with E-state index in [0.29, 0.717) is 18.9 Å². The van der Waals surface area contributed by atoms with Gasteiger partial charge in [0.2, 0.25) is 0 Å². The Morgan fingerprint density at radius 1 is 0.893 bits per heavy atom. The molecule has 3 heterocycles. The quantitative estimate of drug-likeness (QED) is 0.828. The van der Waals surface area contributed by atoms with Gasteiger partial charge in [0.15, 0.2) is 0 Å². The fourth-order valence-corrected chi connectivity index (χ4v) is 4.87. The molecule has 0 spiro atoms. The first-order valence-electron chi connectivity index (χ1n) is 10.1. The highest BCUT2D eigenvalue weighted by Gasteiger charge is 2.40. The Morgan fingerprint density at radius 2 is 1.43 bits per heavy atom. The molecule has 0 aromatic carbocycles. The van der Waals surface area contributed by atoms with Gasteiger partial charge in [-0.05, 0) is 50.7 Å². The Labute approximate surface area is 172 Å². The molecule has 1 aromatic heterocycles. The van der Waals surface area contributed by atoms with Crippen molar-refractivity contribution in [1.82, 2.24) is 14.8 Å². The lowest BCUT2D eigenvalue weighted by Crippen LogP contribution is -2.48. The summed E-state index contributed by atoms with van der Waals surface area (Å²) in [6, 6.07) is 4.77. The number of piperidine rings is 1. The Kier molecular flexibility index (Phi) is 6.65. The van der Waals surface area contributed by atoms with Crippen molar-refractivity contribution in [3.8, 4) is 0 Å². The molecule has 4 rings (SSSR count). The molecule has 0 unspecified atom stereocenters. The van der Waals surface area contributed by atoms with Crippen molar-refractivity contribution in [3.63, 3.8) is 0 Å². The number of carbonyl (C=O) groups excluding carboxylic acids is 1. The lowest BCUT2D eigenvalue weighted by molar-refractivity contribution is -0.143. The van der Waals surface area contributed by atoms with Crippen molar-refractivity contribution < 1.29 is 14.7 Å². The van der Waals surface area contributed by atoms with Gasteiger partial charge in [0.25, 0.3) is 0 Å². The topological polar surface area (TPSA) is 77.0 Å². The minimum atomic E-state index is -0.691. The third kappa shape index (κ3) is 4.19. The van der Waals surface area contributed by atoms with Crippen molar-refractivity contribution in [2.24, 2.45) is 5.92 Å². The summed E-state index contributed by atoms with van der Waals surface area (Å²) < 4.78 is 0. The number of aromatic nitrogens is 1. The molecule has 1 aliphatic carbocycles. The van der Waals surface area contributed by atoms with Gasteiger partial charge in [-0.2, -0.15) is 0 Å². The number of nitrogens with zero attached hydrogens (tertiary/aromatic N) is 4. The minimum absolute atomic E-state index is 0. The van der Waals surface area contributed by atoms with E-state index in [1.807, 2.05) is 29.4 Å². The highest BCUT2D eigenvalue weighted by Crippen LogP contribution is 2.31. The number of hydrogen-bond acceptors (Lipinski definition) is 4. The maximum atomic E-state index is 13.0. The number of amides is 2. The molecular formula is C20H29ClN4O3. The number of hydrogen-bond donors (Lipinski definition) is 1. The first kappa shape index (κ1) is 20.7. The standard InChI is InChI=1S/C20H28N4O3.ClH/c25-19(26)15-1-3-17(4-2-15)23-13-14-24(20(23)27)18-7-11-22(12-8-18)16-5-9-21-10-6-16;/h5-6,9-10,15,17-18H,1-4,7-8,11-14H2,(H,25,26);1H. The monoisotopic (exact) mass is 408 g/mol. The van der Waals surface area contributed by atoms with Crippen molar-refractivity contribution in [2.45, 2.75) is 50.6 Å². The van der Waals surface area contributed by atoms with Crippen LogP contribution < -0.4 is 4.90 Å². The van der Waals surface area contributed by atoms with Crippen LogP contribution in [-0.4, -0.2) is 70.2 Å². The van der Waals surface area contributed by atoms with Gasteiger partial charge in [0, 0.05) is 56.3 Å². The van der Waals surface area contributed by atoms with E-state index in [0.717, 1.165) is 51.9 Å². The highest BCUT2D eigenvalue weighted by molar-refractivity contribution is 5.85. The number of rotatable bonds is 4. The van der Waals surface area contributed by atoms with Gasteiger partial charge in [0.05, 0.1) is 5.92 Å². The molecule has 3 fully saturated rings. The average Bonchev–Trinajstić information content (AvgIpc) is 3.10. The van der Waals surface area contributed by atoms with Crippen LogP contribution >= 0.6 is 12.4 Å². The molecule has 0 atom stereocenters. The third-order valence-corrected chi connectivity index (χ3v) is 6.49. The van der Waals surface area contributed by atoms with Crippen LogP contribution in [0.15, 0.2) is 24.5 Å². The fraction of sp³-hybridized carbons (Fsp3) is 0.650. The highest BCUT2D eigenvalue weighted by atomic mass is 35.5. The molecule has 2 aliphatic heterocycles. The van der Waals surface area contributed by atoms with Gasteiger partial charge in [0.1, 0.15) is 0 Å². The summed E-state index contributed by atoms with van der Waals surface area (Å²) in [5.41, 5.74) is 1.20. The molecule has 1 N–H and O–H groups in total. The number of carboxylic acid groups (broad SMARTS) is 1. The molecule has 154 valence electrons. The van der Waals surface area contributed by atoms with E-state index in [1.165, 1.54) is 5.69 Å². The van der Waals surface area contributed by atoms with Gasteiger partial charge in [-0.15, -0.1) is 12.4 Å². The lowest BCUT2D eigenvalue weighted by Gasteiger charge is -2.38. The van der Waals surface area contributed by atoms with Crippen LogP contribution in [-0.2, 0) is 4.79 Å². The molecule has 2 saturated heterocycles. The smallest absolute Gasteiger partial charge is 0.320 e. The second kappa shape index (κ2) is 8.99. The molecule has 7 nitrogen and oxygen atoms in total. The van der Waals surface area contributed by atoms with Crippen LogP contribution in [0.5, 0.6) is 0 Å². The maximum Gasteiger partial charge on any atom is 0.320 e. The van der Waals surface area contributed by atoms with E-state index in [-0.39, 0.29) is 30.4 Å². The van der Waals surface area contributed by atoms with E-state index in [1.54, 1.807) is 0 Å². The normalized spacial score (nSPS) is 26.3. The van der Waals surface area contributed by atoms with Gasteiger partial charge in [-0.3, -0.25) is 9.78 Å². The SMILES string of the molecule is Cl.O=C(O)C1CCC(N2CCN(C3CCN(c4ccncc4)CC3)C2=O)CC1. The van der Waals surface area contributed by atoms with E-state index in [9.17, 15) is 9.59 Å². The summed E-state index contributed by atoms with van der Waals surface area (Å²) in [5.74, 6) is -0.920. The molecule has 3 aliphatic rings. The van der Waals surface area contributed by atoms with Crippen LogP contribution in [0.3, 0.4) is 0 Å². The van der Waals surface area contributed by atoms with Crippen molar-refractivity contribution >= 4 is 30.1 Å². The number of carbonyl (C=O) groups is 2. The van der Waals surface area contributed by atoms with Gasteiger partial charge in [-0.1, -0.05) is 0 Å². The van der Waals surface area contributed by atoms with Crippen LogP contribution in [0.4, 0.5) is 10.5 Å². The number of pyridine rings is 1. The molecule has 0 radical (unpaired) electrons. The number of halogens is 1. The summed E-state index contributed by atoms with van der Waals surface area (Å²) in [5, 5.41) is 9.16. The van der Waals surface area contributed by atoms with Crippen molar-refractivity contribution in [3.05, 3.63) is 24.5 Å². The predicted molar refractivity (Wildman–Crippen MR) is 109 cm³/mol. The first-order valence-corrected chi connectivity index (χ1v) is 10.1. The predicted octanol–water partition coefficient (Wildman–Crippen LogP) is 2.85. The Bertz CT molecular complexity index is 673. The zero-order chi connectivity index (χ0) is 18.8. The number of urea groups is 1. The zero-order valence-corrected chi connectivity index (χ0v) is 16.9. The number of anilines is 1. The minimum Gasteiger partial charge on any atom is -0.481 e. The molecule has 1 saturated carbocycles. The number of aliphatic carboxylic acids is 1. The van der Waals surface area contributed by atoms with E-state index in [2.05, 4.69) is 14.8 Å². The van der Waals surface area contributed by atoms with E-state index in [4.69, 9.17) is 5.11 Å². The van der Waals surface area contributed by atoms with Crippen LogP contribution in [0, 0.1) is 5.92 Å². The molecule has 0 bridgehead atoms. The van der Waals surface area contributed by atoms with Crippen LogP contribution in [0.2, 0.25) is 0 Å². The molecule has 8 heteroatoms. The first-order chi connectivity index (χ1) is 13.1. The molecule has 1 aromatic rings. The summed E-state index contributed by atoms with van der Waals surface area (Å²) >= 11 is 0. The second-order valence-electron chi connectivity index (χ2n) is 7.94. The molecular weight excluding hydrogens is 380 g/mol. The van der Waals surface area contributed by atoms with Gasteiger partial charge < -0.3 is 19.8 Å². The zero-order valence-electron chi connectivity index (χ0n) is 16.1. The maximum absolute atomic E-state index is 13.0. The van der Waals surface area contributed by atoms with E-state index < -0.39 is 5.97 Å². The lowest BCUT2D eigenvalue weighted by atomic mass is 9.85. The second-order valence-corrected chi connectivity index (χ2v) is 7.94. The summed E-state index contributed by atoms with van der Waals surface area (Å²) in [7, 11) is 0. The fourth-order valence-electron chi connectivity index (χ4n) is 4.87.